The van der Waals surface area contributed by atoms with Gasteiger partial charge in [-0.15, -0.1) is 0 Å². The van der Waals surface area contributed by atoms with Crippen molar-refractivity contribution in [1.29, 1.82) is 0 Å². The van der Waals surface area contributed by atoms with E-state index in [1.54, 1.807) is 18.5 Å². The highest BCUT2D eigenvalue weighted by Crippen LogP contribution is 2.37. The number of aromatic nitrogens is 4. The number of benzene rings is 3. The number of carbonyl (C=O) groups is 2. The molecule has 2 aromatic heterocycles. The first-order chi connectivity index (χ1) is 21.0. The molecule has 0 bridgehead atoms. The van der Waals surface area contributed by atoms with Crippen LogP contribution in [0.5, 0.6) is 0 Å². The van der Waals surface area contributed by atoms with Crippen molar-refractivity contribution < 1.29 is 19.1 Å². The Morgan fingerprint density at radius 1 is 0.884 bits per heavy atom. The van der Waals surface area contributed by atoms with E-state index in [-0.39, 0.29) is 18.0 Å². The Balaban J connectivity index is 0.000000167. The number of fused-ring (bicyclic) bond motifs is 2. The molecule has 0 saturated heterocycles. The number of nitrogens with two attached hydrogens (primary N) is 1. The molecule has 5 aromatic rings. The summed E-state index contributed by atoms with van der Waals surface area (Å²) < 4.78 is 12.9. The highest BCUT2D eigenvalue weighted by atomic mass is 16.5. The van der Waals surface area contributed by atoms with Gasteiger partial charge in [0.1, 0.15) is 11.9 Å². The molecule has 0 unspecified atom stereocenters. The predicted octanol–water partition coefficient (Wildman–Crippen LogP) is 7.24. The second-order valence-corrected chi connectivity index (χ2v) is 11.2. The van der Waals surface area contributed by atoms with E-state index in [4.69, 9.17) is 20.2 Å². The highest BCUT2D eigenvalue weighted by Gasteiger charge is 2.24. The number of hydrogen-bond acceptors (Lipinski definition) is 7. The summed E-state index contributed by atoms with van der Waals surface area (Å²) in [6.07, 6.45) is 10.9. The maximum Gasteiger partial charge on any atom is 0.338 e. The Labute approximate surface area is 250 Å². The number of rotatable bonds is 6. The van der Waals surface area contributed by atoms with Crippen molar-refractivity contribution in [2.24, 2.45) is 0 Å². The summed E-state index contributed by atoms with van der Waals surface area (Å²) in [7, 11) is 0. The molecule has 0 aliphatic heterocycles. The van der Waals surface area contributed by atoms with Crippen molar-refractivity contribution in [3.05, 3.63) is 78.1 Å². The lowest BCUT2D eigenvalue weighted by Gasteiger charge is -2.16. The minimum absolute atomic E-state index is 0.111. The van der Waals surface area contributed by atoms with Crippen molar-refractivity contribution >= 4 is 39.7 Å². The van der Waals surface area contributed by atoms with Crippen molar-refractivity contribution in [3.8, 4) is 11.4 Å². The molecular formula is C34H37N5O4. The molecule has 7 rings (SSSR count). The molecule has 2 aliphatic carbocycles. The first-order valence-electron chi connectivity index (χ1n) is 15.2. The van der Waals surface area contributed by atoms with Crippen molar-refractivity contribution in [2.75, 3.05) is 12.3 Å². The number of esters is 2. The molecule has 0 spiro atoms. The molecule has 2 fully saturated rings. The monoisotopic (exact) mass is 579 g/mol. The number of hydrogen-bond donors (Lipinski definition) is 2. The lowest BCUT2D eigenvalue weighted by molar-refractivity contribution is 0.0317. The van der Waals surface area contributed by atoms with Gasteiger partial charge in [-0.3, -0.25) is 0 Å². The molecule has 9 nitrogen and oxygen atoms in total. The summed E-state index contributed by atoms with van der Waals surface area (Å²) in [5.41, 5.74) is 12.4. The normalized spacial score (nSPS) is 15.5. The zero-order valence-electron chi connectivity index (χ0n) is 24.4. The molecular weight excluding hydrogens is 542 g/mol. The van der Waals surface area contributed by atoms with Crippen LogP contribution in [0.4, 0.5) is 5.69 Å². The predicted molar refractivity (Wildman–Crippen MR) is 167 cm³/mol. The average molecular weight is 580 g/mol. The second-order valence-electron chi connectivity index (χ2n) is 11.2. The summed E-state index contributed by atoms with van der Waals surface area (Å²) in [6, 6.07) is 19.3. The quantitative estimate of drug-likeness (QED) is 0.160. The number of aromatic amines is 1. The van der Waals surface area contributed by atoms with E-state index < -0.39 is 0 Å². The summed E-state index contributed by atoms with van der Waals surface area (Å²) >= 11 is 0. The minimum Gasteiger partial charge on any atom is -0.462 e. The molecule has 9 heteroatoms. The summed E-state index contributed by atoms with van der Waals surface area (Å²) in [5.74, 6) is 0.403. The van der Waals surface area contributed by atoms with Gasteiger partial charge >= 0.3 is 11.9 Å². The third-order valence-corrected chi connectivity index (χ3v) is 8.29. The van der Waals surface area contributed by atoms with E-state index in [2.05, 4.69) is 14.5 Å². The second kappa shape index (κ2) is 12.7. The van der Waals surface area contributed by atoms with Gasteiger partial charge in [-0.25, -0.2) is 19.6 Å². The fourth-order valence-electron chi connectivity index (χ4n) is 6.10. The molecule has 0 radical (unpaired) electrons. The molecule has 2 saturated carbocycles. The van der Waals surface area contributed by atoms with Crippen LogP contribution in [0.1, 0.15) is 85.0 Å². The molecule has 0 atom stereocenters. The van der Waals surface area contributed by atoms with Crippen LogP contribution in [0, 0.1) is 0 Å². The van der Waals surface area contributed by atoms with Gasteiger partial charge in [0.15, 0.2) is 0 Å². The summed E-state index contributed by atoms with van der Waals surface area (Å²) in [5, 5.41) is 0. The van der Waals surface area contributed by atoms with Crippen LogP contribution >= 0.6 is 0 Å². The highest BCUT2D eigenvalue weighted by molar-refractivity contribution is 5.95. The van der Waals surface area contributed by atoms with Crippen LogP contribution in [0.25, 0.3) is 33.5 Å². The van der Waals surface area contributed by atoms with E-state index >= 15 is 0 Å². The first kappa shape index (κ1) is 28.5. The SMILES string of the molecule is CCOC(=O)c1ccc2c(c1)nc(-c1ccc(N)cc1)n2C1CCCC1.O=C(OC1CCCC1)c1ccc2nc[nH]c2c1. The van der Waals surface area contributed by atoms with Gasteiger partial charge in [0.2, 0.25) is 0 Å². The van der Waals surface area contributed by atoms with Gasteiger partial charge in [-0.1, -0.05) is 12.8 Å². The molecule has 2 heterocycles. The van der Waals surface area contributed by atoms with E-state index in [0.717, 1.165) is 77.7 Å². The van der Waals surface area contributed by atoms with Gasteiger partial charge in [0, 0.05) is 17.3 Å². The number of nitrogens with one attached hydrogen (secondary N) is 1. The van der Waals surface area contributed by atoms with E-state index in [1.807, 2.05) is 55.5 Å². The Bertz CT molecular complexity index is 1730. The Morgan fingerprint density at radius 3 is 2.33 bits per heavy atom. The lowest BCUT2D eigenvalue weighted by atomic mass is 10.1. The number of carbonyl (C=O) groups excluding carboxylic acids is 2. The van der Waals surface area contributed by atoms with Gasteiger partial charge in [0.25, 0.3) is 0 Å². The smallest absolute Gasteiger partial charge is 0.338 e. The lowest BCUT2D eigenvalue weighted by Crippen LogP contribution is -2.14. The van der Waals surface area contributed by atoms with Crippen molar-refractivity contribution in [2.45, 2.75) is 70.4 Å². The molecule has 2 aliphatic rings. The fourth-order valence-corrected chi connectivity index (χ4v) is 6.10. The van der Waals surface area contributed by atoms with E-state index in [0.29, 0.717) is 23.8 Å². The van der Waals surface area contributed by atoms with Gasteiger partial charge in [0.05, 0.1) is 46.1 Å². The number of H-pyrrole nitrogens is 1. The summed E-state index contributed by atoms with van der Waals surface area (Å²) in [6.45, 7) is 2.18. The zero-order chi connectivity index (χ0) is 29.8. The Hall–Kier alpha value is -4.66. The minimum atomic E-state index is -0.307. The van der Waals surface area contributed by atoms with Crippen LogP contribution in [-0.4, -0.2) is 44.2 Å². The number of ether oxygens (including phenoxy) is 2. The number of nitrogens with zero attached hydrogens (tertiary/aromatic N) is 3. The van der Waals surface area contributed by atoms with Crippen molar-refractivity contribution in [1.82, 2.24) is 19.5 Å². The van der Waals surface area contributed by atoms with Gasteiger partial charge in [-0.2, -0.15) is 0 Å². The first-order valence-corrected chi connectivity index (χ1v) is 15.2. The average Bonchev–Trinajstić information content (AvgIpc) is 3.84. The standard InChI is InChI=1S/C21H23N3O2.C13H14N2O2/c1-2-26-21(25)15-9-12-19-18(13-15)23-20(14-7-10-16(22)11-8-14)24(19)17-5-3-4-6-17;16-13(17-10-3-1-2-4-10)9-5-6-11-12(7-9)15-8-14-11/h7-13,17H,2-6,22H2,1H3;5-8,10H,1-4H2,(H,14,15). The van der Waals surface area contributed by atoms with E-state index in [1.165, 1.54) is 12.8 Å². The maximum absolute atomic E-state index is 12.1. The topological polar surface area (TPSA) is 125 Å². The number of nitrogen functional groups attached to an aromatic ring is 1. The van der Waals surface area contributed by atoms with Crippen LogP contribution in [0.3, 0.4) is 0 Å². The fraction of sp³-hybridized carbons (Fsp3) is 0.353. The Morgan fingerprint density at radius 2 is 1.58 bits per heavy atom. The van der Waals surface area contributed by atoms with Gasteiger partial charge in [-0.05, 0) is 106 Å². The van der Waals surface area contributed by atoms with E-state index in [9.17, 15) is 9.59 Å². The summed E-state index contributed by atoms with van der Waals surface area (Å²) in [4.78, 5) is 36.0. The van der Waals surface area contributed by atoms with Crippen molar-refractivity contribution in [3.63, 3.8) is 0 Å². The van der Waals surface area contributed by atoms with Crippen LogP contribution < -0.4 is 5.73 Å². The molecule has 3 aromatic carbocycles. The third kappa shape index (κ3) is 6.26. The molecule has 43 heavy (non-hydrogen) atoms. The molecule has 222 valence electrons. The van der Waals surface area contributed by atoms with Crippen LogP contribution in [-0.2, 0) is 9.47 Å². The maximum atomic E-state index is 12.1. The molecule has 0 amide bonds. The van der Waals surface area contributed by atoms with Crippen LogP contribution in [0.15, 0.2) is 67.0 Å². The molecule has 3 N–H and O–H groups in total. The number of imidazole rings is 2. The number of anilines is 1. The van der Waals surface area contributed by atoms with Gasteiger partial charge < -0.3 is 24.8 Å². The zero-order valence-corrected chi connectivity index (χ0v) is 24.4. The Kier molecular flexibility index (Phi) is 8.40. The van der Waals surface area contributed by atoms with Crippen LogP contribution in [0.2, 0.25) is 0 Å². The largest absolute Gasteiger partial charge is 0.462 e. The third-order valence-electron chi connectivity index (χ3n) is 8.29.